The van der Waals surface area contributed by atoms with Gasteiger partial charge in [0.25, 0.3) is 0 Å². The van der Waals surface area contributed by atoms with Crippen LogP contribution in [0.4, 0.5) is 0 Å². The molecule has 0 amide bonds. The lowest BCUT2D eigenvalue weighted by molar-refractivity contribution is -0.890. The van der Waals surface area contributed by atoms with Crippen LogP contribution >= 0.6 is 0 Å². The van der Waals surface area contributed by atoms with Crippen molar-refractivity contribution in [3.05, 3.63) is 89.6 Å². The van der Waals surface area contributed by atoms with E-state index in [2.05, 4.69) is 31.2 Å². The number of quaternary nitrogens is 1. The molecule has 1 aromatic heterocycles. The van der Waals surface area contributed by atoms with Crippen molar-refractivity contribution in [2.45, 2.75) is 50.7 Å². The summed E-state index contributed by atoms with van der Waals surface area (Å²) in [4.78, 5) is 4.60. The van der Waals surface area contributed by atoms with Crippen LogP contribution in [0.1, 0.15) is 54.9 Å². The molecule has 1 fully saturated rings. The van der Waals surface area contributed by atoms with E-state index < -0.39 is 5.60 Å². The molecule has 1 aliphatic carbocycles. The number of aliphatic hydroxyl groups is 1. The quantitative estimate of drug-likeness (QED) is 0.309. The monoisotopic (exact) mass is 463 g/mol. The molecule has 5 heteroatoms. The van der Waals surface area contributed by atoms with Crippen LogP contribution in [-0.2, 0) is 23.4 Å². The Kier molecular flexibility index (Phi) is 8.19. The van der Waals surface area contributed by atoms with Crippen molar-refractivity contribution in [2.24, 2.45) is 5.92 Å². The van der Waals surface area contributed by atoms with E-state index in [1.165, 1.54) is 12.0 Å². The van der Waals surface area contributed by atoms with Gasteiger partial charge in [0.15, 0.2) is 5.60 Å². The first-order valence-corrected chi connectivity index (χ1v) is 12.6. The summed E-state index contributed by atoms with van der Waals surface area (Å²) in [5.41, 5.74) is 0.906. The fourth-order valence-corrected chi connectivity index (χ4v) is 4.95. The summed E-state index contributed by atoms with van der Waals surface area (Å²) in [5.74, 6) is 1.40. The number of hydrogen-bond donors (Lipinski definition) is 1. The molecule has 1 atom stereocenters. The molecule has 4 rings (SSSR count). The molecule has 34 heavy (non-hydrogen) atoms. The van der Waals surface area contributed by atoms with Gasteiger partial charge in [-0.05, 0) is 24.0 Å². The number of aromatic nitrogens is 1. The second-order valence-corrected chi connectivity index (χ2v) is 10.3. The molecule has 1 aliphatic rings. The molecule has 5 nitrogen and oxygen atoms in total. The molecule has 1 saturated carbocycles. The lowest BCUT2D eigenvalue weighted by Gasteiger charge is -2.36. The zero-order valence-corrected chi connectivity index (χ0v) is 20.7. The average Bonchev–Trinajstić information content (AvgIpc) is 3.37. The number of nitrogens with zero attached hydrogens (tertiary/aromatic N) is 2. The highest BCUT2D eigenvalue weighted by molar-refractivity contribution is 5.30. The van der Waals surface area contributed by atoms with Crippen molar-refractivity contribution < 1.29 is 18.7 Å². The highest BCUT2D eigenvalue weighted by Gasteiger charge is 2.44. The van der Waals surface area contributed by atoms with Crippen molar-refractivity contribution in [1.82, 2.24) is 4.98 Å². The molecule has 2 aromatic carbocycles. The third-order valence-electron chi connectivity index (χ3n) is 7.21. The number of ether oxygens (including phenoxy) is 1. The fourth-order valence-electron chi connectivity index (χ4n) is 4.95. The number of rotatable bonds is 11. The smallest absolute Gasteiger partial charge is 0.231 e. The third-order valence-corrected chi connectivity index (χ3v) is 7.21. The van der Waals surface area contributed by atoms with Crippen molar-refractivity contribution in [3.63, 3.8) is 0 Å². The van der Waals surface area contributed by atoms with E-state index in [9.17, 15) is 5.11 Å². The second-order valence-electron chi connectivity index (χ2n) is 10.3. The van der Waals surface area contributed by atoms with Crippen LogP contribution in [-0.4, -0.2) is 48.4 Å². The van der Waals surface area contributed by atoms with Crippen LogP contribution < -0.4 is 0 Å². The van der Waals surface area contributed by atoms with Gasteiger partial charge in [-0.15, -0.1) is 0 Å². The van der Waals surface area contributed by atoms with Crippen LogP contribution in [0.15, 0.2) is 71.3 Å². The van der Waals surface area contributed by atoms with Crippen LogP contribution in [0.5, 0.6) is 0 Å². The van der Waals surface area contributed by atoms with Crippen molar-refractivity contribution >= 4 is 0 Å². The SMILES string of the molecule is C[N+](C)(CCOCc1ccccc1)CCc1cnc(C(O)(c2ccccc2)C2CCCCC2)o1. The van der Waals surface area contributed by atoms with Gasteiger partial charge in [0, 0.05) is 5.92 Å². The molecule has 0 spiro atoms. The van der Waals surface area contributed by atoms with Gasteiger partial charge in [-0.2, -0.15) is 0 Å². The molecular formula is C29H39N2O3+. The summed E-state index contributed by atoms with van der Waals surface area (Å²) in [7, 11) is 4.43. The first-order valence-electron chi connectivity index (χ1n) is 12.6. The van der Waals surface area contributed by atoms with Gasteiger partial charge in [-0.1, -0.05) is 79.9 Å². The van der Waals surface area contributed by atoms with E-state index in [1.807, 2.05) is 48.5 Å². The topological polar surface area (TPSA) is 55.5 Å². The normalized spacial score (nSPS) is 16.9. The van der Waals surface area contributed by atoms with Crippen LogP contribution in [0, 0.1) is 5.92 Å². The molecule has 0 aliphatic heterocycles. The van der Waals surface area contributed by atoms with Crippen LogP contribution in [0.3, 0.4) is 0 Å². The fraction of sp³-hybridized carbons (Fsp3) is 0.483. The lowest BCUT2D eigenvalue weighted by Crippen LogP contribution is -2.43. The summed E-state index contributed by atoms with van der Waals surface area (Å²) < 4.78 is 13.0. The van der Waals surface area contributed by atoms with Gasteiger partial charge < -0.3 is 18.7 Å². The average molecular weight is 464 g/mol. The van der Waals surface area contributed by atoms with E-state index in [-0.39, 0.29) is 5.92 Å². The van der Waals surface area contributed by atoms with Gasteiger partial charge >= 0.3 is 0 Å². The number of hydrogen-bond acceptors (Lipinski definition) is 4. The molecule has 1 N–H and O–H groups in total. The van der Waals surface area contributed by atoms with Gasteiger partial charge in [0.2, 0.25) is 5.89 Å². The van der Waals surface area contributed by atoms with E-state index >= 15 is 0 Å². The Labute approximate surface area is 204 Å². The van der Waals surface area contributed by atoms with E-state index in [4.69, 9.17) is 9.15 Å². The third kappa shape index (κ3) is 6.15. The first kappa shape index (κ1) is 24.6. The largest absolute Gasteiger partial charge is 0.442 e. The molecular weight excluding hydrogens is 424 g/mol. The number of oxazole rings is 1. The Bertz CT molecular complexity index is 996. The summed E-state index contributed by atoms with van der Waals surface area (Å²) in [6.07, 6.45) is 8.09. The number of likely N-dealkylation sites (N-methyl/N-ethyl adjacent to an activating group) is 1. The van der Waals surface area contributed by atoms with Crippen LogP contribution in [0.2, 0.25) is 0 Å². The molecule has 1 unspecified atom stereocenters. The maximum atomic E-state index is 12.0. The summed E-state index contributed by atoms with van der Waals surface area (Å²) in [5, 5.41) is 12.0. The molecule has 0 radical (unpaired) electrons. The van der Waals surface area contributed by atoms with E-state index in [0.717, 1.165) is 61.0 Å². The summed E-state index contributed by atoms with van der Waals surface area (Å²) in [6.45, 7) is 3.19. The Morgan fingerprint density at radius 2 is 1.65 bits per heavy atom. The Morgan fingerprint density at radius 3 is 2.35 bits per heavy atom. The van der Waals surface area contributed by atoms with E-state index in [1.54, 1.807) is 6.20 Å². The molecule has 1 heterocycles. The van der Waals surface area contributed by atoms with Crippen molar-refractivity contribution in [3.8, 4) is 0 Å². The van der Waals surface area contributed by atoms with Gasteiger partial charge in [-0.25, -0.2) is 4.98 Å². The Hall–Kier alpha value is -2.47. The predicted molar refractivity (Wildman–Crippen MR) is 134 cm³/mol. The standard InChI is InChI=1S/C29H39N2O3/c1-31(2,20-21-33-23-24-12-6-3-7-13-24)19-18-27-22-30-28(34-27)29(32,25-14-8-4-9-15-25)26-16-10-5-11-17-26/h3-4,6-9,12-15,22,26,32H,5,10-11,16-21,23H2,1-2H3/q+1. The zero-order chi connectivity index (χ0) is 23.9. The summed E-state index contributed by atoms with van der Waals surface area (Å²) >= 11 is 0. The van der Waals surface area contributed by atoms with Gasteiger partial charge in [0.1, 0.15) is 12.3 Å². The maximum Gasteiger partial charge on any atom is 0.231 e. The Balaban J connectivity index is 1.36. The van der Waals surface area contributed by atoms with Crippen LogP contribution in [0.25, 0.3) is 0 Å². The lowest BCUT2D eigenvalue weighted by atomic mass is 9.73. The Morgan fingerprint density at radius 1 is 0.971 bits per heavy atom. The molecule has 0 bridgehead atoms. The minimum atomic E-state index is -1.17. The number of benzene rings is 2. The molecule has 3 aromatic rings. The minimum absolute atomic E-state index is 0.129. The van der Waals surface area contributed by atoms with E-state index in [0.29, 0.717) is 19.1 Å². The van der Waals surface area contributed by atoms with Crippen molar-refractivity contribution in [1.29, 1.82) is 0 Å². The highest BCUT2D eigenvalue weighted by atomic mass is 16.5. The molecule has 182 valence electrons. The van der Waals surface area contributed by atoms with Crippen molar-refractivity contribution in [2.75, 3.05) is 33.8 Å². The maximum absolute atomic E-state index is 12.0. The highest BCUT2D eigenvalue weighted by Crippen LogP contribution is 2.43. The predicted octanol–water partition coefficient (Wildman–Crippen LogP) is 5.33. The minimum Gasteiger partial charge on any atom is -0.442 e. The second kappa shape index (κ2) is 11.3. The molecule has 0 saturated heterocycles. The zero-order valence-electron chi connectivity index (χ0n) is 20.7. The van der Waals surface area contributed by atoms with Gasteiger partial charge in [0.05, 0.1) is 46.5 Å². The first-order chi connectivity index (χ1) is 16.5. The van der Waals surface area contributed by atoms with Gasteiger partial charge in [-0.3, -0.25) is 0 Å². The summed E-state index contributed by atoms with van der Waals surface area (Å²) in [6, 6.07) is 20.2.